The van der Waals surface area contributed by atoms with Crippen LogP contribution >= 0.6 is 0 Å². The molecule has 53 heavy (non-hydrogen) atoms. The molecule has 4 aliphatic carbocycles. The van der Waals surface area contributed by atoms with Crippen molar-refractivity contribution in [1.82, 2.24) is 14.9 Å². The number of H-pyrrole nitrogens is 1. The van der Waals surface area contributed by atoms with Gasteiger partial charge < -0.3 is 13.9 Å². The maximum Gasteiger partial charge on any atom is 0.534 e. The summed E-state index contributed by atoms with van der Waals surface area (Å²) in [5.74, 6) is 1.35. The van der Waals surface area contributed by atoms with Crippen molar-refractivity contribution in [2.75, 3.05) is 6.54 Å². The van der Waals surface area contributed by atoms with Gasteiger partial charge in [-0.15, -0.1) is 0 Å². The summed E-state index contributed by atoms with van der Waals surface area (Å²) in [7, 11) is -5.80. The molecule has 4 aromatic rings. The third-order valence-electron chi connectivity index (χ3n) is 12.5. The number of nitrogens with one attached hydrogen (secondary N) is 1. The summed E-state index contributed by atoms with van der Waals surface area (Å²) in [6.07, 6.45) is 9.87. The van der Waals surface area contributed by atoms with Gasteiger partial charge in [-0.05, 0) is 153 Å². The van der Waals surface area contributed by atoms with Crippen LogP contribution in [0.25, 0.3) is 33.3 Å². The monoisotopic (exact) mass is 747 g/mol. The van der Waals surface area contributed by atoms with Crippen LogP contribution in [0, 0.1) is 5.41 Å². The van der Waals surface area contributed by atoms with Crippen LogP contribution in [0.15, 0.2) is 42.5 Å². The van der Waals surface area contributed by atoms with E-state index in [1.54, 1.807) is 11.0 Å². The molecule has 1 spiro atoms. The van der Waals surface area contributed by atoms with E-state index in [-0.39, 0.29) is 23.3 Å². The Hall–Kier alpha value is -4.06. The fourth-order valence-corrected chi connectivity index (χ4v) is 10.8. The predicted octanol–water partition coefficient (Wildman–Crippen LogP) is 10.2. The molecule has 2 bridgehead atoms. The number of amides is 1. The molecular weight excluding hydrogens is 704 g/mol. The summed E-state index contributed by atoms with van der Waals surface area (Å²) >= 11 is 0. The van der Waals surface area contributed by atoms with E-state index in [2.05, 4.69) is 29.2 Å². The number of rotatable bonds is 5. The Morgan fingerprint density at radius 1 is 0.887 bits per heavy atom. The Morgan fingerprint density at radius 3 is 2.28 bits per heavy atom. The second-order valence-corrected chi connectivity index (χ2v) is 18.5. The molecule has 3 aromatic carbocycles. The van der Waals surface area contributed by atoms with E-state index in [0.29, 0.717) is 36.8 Å². The highest BCUT2D eigenvalue weighted by atomic mass is 32.2. The SMILES string of the molecule is CC(C)(C)OC(=O)N1CCC[C@H]1c1nc2ccc(-c3ccc(-c4ccc(OS(=O)(=O)C(F)(F)F)c5c4CC4(CCCC4)C5)c4c3C3CCC4C3)cc2[nH]1. The summed E-state index contributed by atoms with van der Waals surface area (Å²) < 4.78 is 75.2. The van der Waals surface area contributed by atoms with E-state index in [1.165, 1.54) is 22.8 Å². The zero-order valence-corrected chi connectivity index (χ0v) is 31.1. The van der Waals surface area contributed by atoms with Crippen molar-refractivity contribution >= 4 is 27.2 Å². The molecule has 9 rings (SSSR count). The topological polar surface area (TPSA) is 102 Å². The number of alkyl halides is 3. The van der Waals surface area contributed by atoms with Gasteiger partial charge in [-0.3, -0.25) is 4.90 Å². The number of benzene rings is 3. The summed E-state index contributed by atoms with van der Waals surface area (Å²) in [6.45, 7) is 6.23. The minimum atomic E-state index is -5.80. The van der Waals surface area contributed by atoms with Crippen LogP contribution in [0.4, 0.5) is 18.0 Å². The number of ether oxygens (including phenoxy) is 1. The van der Waals surface area contributed by atoms with Gasteiger partial charge in [0.2, 0.25) is 0 Å². The van der Waals surface area contributed by atoms with Gasteiger partial charge in [-0.2, -0.15) is 21.6 Å². The first kappa shape index (κ1) is 34.7. The second kappa shape index (κ2) is 12.0. The molecule has 1 aliphatic heterocycles. The number of aromatic nitrogens is 2. The summed E-state index contributed by atoms with van der Waals surface area (Å²) in [5, 5.41) is 0. The molecule has 8 nitrogen and oxygen atoms in total. The molecule has 1 aromatic heterocycles. The molecular formula is C41H44F3N3O5S. The van der Waals surface area contributed by atoms with E-state index < -0.39 is 21.2 Å². The van der Waals surface area contributed by atoms with E-state index in [1.807, 2.05) is 26.8 Å². The second-order valence-electron chi connectivity index (χ2n) is 17.0. The van der Waals surface area contributed by atoms with Crippen molar-refractivity contribution in [3.8, 4) is 28.0 Å². The number of aromatic amines is 1. The number of likely N-dealkylation sites (tertiary alicyclic amines) is 1. The Balaban J connectivity index is 1.10. The highest BCUT2D eigenvalue weighted by molar-refractivity contribution is 7.88. The highest BCUT2D eigenvalue weighted by Crippen LogP contribution is 2.60. The van der Waals surface area contributed by atoms with Crippen LogP contribution in [-0.2, 0) is 27.7 Å². The molecule has 12 heteroatoms. The van der Waals surface area contributed by atoms with E-state index in [4.69, 9.17) is 13.9 Å². The minimum Gasteiger partial charge on any atom is -0.444 e. The quantitative estimate of drug-likeness (QED) is 0.161. The van der Waals surface area contributed by atoms with E-state index in [9.17, 15) is 26.4 Å². The van der Waals surface area contributed by atoms with Gasteiger partial charge in [0.05, 0.1) is 17.1 Å². The first-order chi connectivity index (χ1) is 25.1. The molecule has 2 heterocycles. The largest absolute Gasteiger partial charge is 0.534 e. The van der Waals surface area contributed by atoms with Crippen molar-refractivity contribution in [2.24, 2.45) is 5.41 Å². The maximum atomic E-state index is 13.4. The van der Waals surface area contributed by atoms with E-state index in [0.717, 1.165) is 96.9 Å². The number of hydrogen-bond donors (Lipinski definition) is 1. The number of imidazole rings is 1. The first-order valence-corrected chi connectivity index (χ1v) is 20.3. The van der Waals surface area contributed by atoms with Crippen LogP contribution in [0.5, 0.6) is 5.75 Å². The standard InChI is InChI=1S/C41H44F3N3O5S/c1-39(2,3)51-38(48)47-18-6-7-33(47)37-45-31-14-10-23(20-32(31)46-37)26-11-12-28(36-25-9-8-24(19-25)35(26)36)27-13-15-34(52-53(49,50)41(42,43)44)30-22-40(21-29(27)30)16-4-5-17-40/h10-15,20,24-25,33H,4-9,16-19,21-22H2,1-3H3,(H,45,46)/t24?,25?,33-/m0/s1. The molecule has 2 saturated carbocycles. The number of hydrogen-bond acceptors (Lipinski definition) is 6. The van der Waals surface area contributed by atoms with Crippen molar-refractivity contribution in [3.63, 3.8) is 0 Å². The normalized spacial score (nSPS) is 23.3. The van der Waals surface area contributed by atoms with Crippen LogP contribution in [0.3, 0.4) is 0 Å². The van der Waals surface area contributed by atoms with Crippen molar-refractivity contribution in [1.29, 1.82) is 0 Å². The molecule has 3 fully saturated rings. The van der Waals surface area contributed by atoms with Crippen LogP contribution in [0.1, 0.15) is 125 Å². The van der Waals surface area contributed by atoms with Gasteiger partial charge in [0, 0.05) is 12.1 Å². The number of halogens is 3. The molecule has 3 atom stereocenters. The van der Waals surface area contributed by atoms with Crippen LogP contribution in [0.2, 0.25) is 0 Å². The van der Waals surface area contributed by atoms with Crippen molar-refractivity contribution in [2.45, 2.75) is 120 Å². The number of nitrogens with zero attached hydrogens (tertiary/aromatic N) is 2. The average Bonchev–Trinajstić information content (AvgIpc) is 3.94. The lowest BCUT2D eigenvalue weighted by molar-refractivity contribution is -0.0500. The maximum absolute atomic E-state index is 13.4. The van der Waals surface area contributed by atoms with Gasteiger partial charge in [-0.25, -0.2) is 9.78 Å². The lowest BCUT2D eigenvalue weighted by atomic mass is 9.79. The third kappa shape index (κ3) is 5.81. The Kier molecular flexibility index (Phi) is 7.83. The molecule has 5 aliphatic rings. The van der Waals surface area contributed by atoms with Crippen molar-refractivity contribution in [3.05, 3.63) is 70.5 Å². The van der Waals surface area contributed by atoms with Crippen LogP contribution in [-0.4, -0.2) is 47.0 Å². The molecule has 2 unspecified atom stereocenters. The van der Waals surface area contributed by atoms with Gasteiger partial charge in [0.15, 0.2) is 0 Å². The molecule has 1 saturated heterocycles. The molecule has 0 radical (unpaired) electrons. The Morgan fingerprint density at radius 2 is 1.57 bits per heavy atom. The summed E-state index contributed by atoms with van der Waals surface area (Å²) in [4.78, 5) is 23.2. The van der Waals surface area contributed by atoms with Crippen molar-refractivity contribution < 1.29 is 35.3 Å². The molecule has 1 amide bonds. The van der Waals surface area contributed by atoms with Crippen LogP contribution < -0.4 is 4.18 Å². The zero-order chi connectivity index (χ0) is 37.1. The first-order valence-electron chi connectivity index (χ1n) is 18.9. The smallest absolute Gasteiger partial charge is 0.444 e. The zero-order valence-electron chi connectivity index (χ0n) is 30.2. The Bertz CT molecular complexity index is 2270. The summed E-state index contributed by atoms with van der Waals surface area (Å²) in [6, 6.07) is 13.7. The summed E-state index contributed by atoms with van der Waals surface area (Å²) in [5.41, 5.74) is 4.08. The molecule has 280 valence electrons. The van der Waals surface area contributed by atoms with Gasteiger partial charge in [0.25, 0.3) is 0 Å². The number of carbonyl (C=O) groups is 1. The fourth-order valence-electron chi connectivity index (χ4n) is 10.3. The van der Waals surface area contributed by atoms with Gasteiger partial charge >= 0.3 is 21.7 Å². The van der Waals surface area contributed by atoms with Gasteiger partial charge in [-0.1, -0.05) is 37.1 Å². The lowest BCUT2D eigenvalue weighted by Gasteiger charge is -2.27. The third-order valence-corrected chi connectivity index (χ3v) is 13.4. The highest BCUT2D eigenvalue weighted by Gasteiger charge is 2.50. The number of fused-ring (bicyclic) bond motifs is 7. The predicted molar refractivity (Wildman–Crippen MR) is 195 cm³/mol. The minimum absolute atomic E-state index is 0.0819. The lowest BCUT2D eigenvalue weighted by Crippen LogP contribution is -2.36. The average molecular weight is 748 g/mol. The fraction of sp³-hybridized carbons (Fsp3) is 0.512. The van der Waals surface area contributed by atoms with E-state index >= 15 is 0 Å². The Labute approximate surface area is 307 Å². The number of carbonyl (C=O) groups excluding carboxylic acids is 1. The van der Waals surface area contributed by atoms with Gasteiger partial charge in [0.1, 0.15) is 17.2 Å². The molecule has 1 N–H and O–H groups in total.